The van der Waals surface area contributed by atoms with E-state index in [1.165, 1.54) is 5.71 Å². The lowest BCUT2D eigenvalue weighted by molar-refractivity contribution is 0.0994. The Bertz CT molecular complexity index is 2800. The molecule has 9 rings (SSSR count). The molecule has 0 saturated carbocycles. The smallest absolute Gasteiger partial charge is 0.199 e. The summed E-state index contributed by atoms with van der Waals surface area (Å²) in [5.41, 5.74) is 7.06. The van der Waals surface area contributed by atoms with Crippen LogP contribution >= 0.6 is 0 Å². The van der Waals surface area contributed by atoms with Crippen molar-refractivity contribution in [2.75, 3.05) is 19.8 Å². The van der Waals surface area contributed by atoms with Crippen LogP contribution in [0.1, 0.15) is 285 Å². The largest absolute Gasteiger partial charge is 0.478 e. The van der Waals surface area contributed by atoms with Crippen molar-refractivity contribution in [1.82, 2.24) is 25.4 Å². The maximum Gasteiger partial charge on any atom is 0.199 e. The van der Waals surface area contributed by atoms with Gasteiger partial charge in [-0.15, -0.1) is 0 Å². The minimum atomic E-state index is -0.0113. The molecule has 5 aromatic heterocycles. The van der Waals surface area contributed by atoms with Crippen molar-refractivity contribution >= 4 is 23.4 Å². The lowest BCUT2D eigenvalue weighted by atomic mass is 9.87. The summed E-state index contributed by atoms with van der Waals surface area (Å²) in [5, 5.41) is 15.6. The molecule has 18 heteroatoms. The van der Waals surface area contributed by atoms with E-state index in [0.29, 0.717) is 6.04 Å². The van der Waals surface area contributed by atoms with E-state index in [9.17, 15) is 0 Å². The standard InChI is InChI=1S/C9H17NO.C8H15NO.C8H13NO.C8H15NO.2C8H13NO.C8H15NO.2C8H13NO/c1-8(2,3)7-10-9(4,5)6-11-7;2*1-6-5-10-7(9-6)8(2,3)4;2*1-6-5-9-7(10-6)8(2,3)4;1-6-5-10-9-7(6)8(2,3)4;2*1-6-5-7(9-10-6)8(2,3)4;1-6-5-7(10-9-6)8(2,3)4/h6H2,1-5H3;6H,5H2,1-4H3;5H,1-4H3;6H,5H2,1-4H3;2*5H,1-4H3;6H,5H2,1-4H3;2*5H,1-4H3. The summed E-state index contributed by atoms with van der Waals surface area (Å²) in [7, 11) is 0. The summed E-state index contributed by atoms with van der Waals surface area (Å²) in [4.78, 5) is 26.5. The SMILES string of the molecule is CC1(C)COC(C(C)(C)C)=N1.CC1CC(C(C)(C)C)=NO1.CC1CN=C(C(C)(C)C)O1.CC1COC(C(C)(C)C)=N1.Cc1cc(C(C)(C)C)no1.Cc1cc(C(C)(C)C)on1.Cc1cnc(C(C)(C)C)o1.Cc1coc(C(C)(C)C)n1.Cc1conc1C(C)(C)C. The first kappa shape index (κ1) is 82.9. The predicted molar refractivity (Wildman–Crippen MR) is 373 cm³/mol. The maximum atomic E-state index is 5.48. The van der Waals surface area contributed by atoms with Crippen molar-refractivity contribution in [3.05, 3.63) is 88.3 Å². The number of aromatic nitrogens is 5. The number of rotatable bonds is 0. The Hall–Kier alpha value is -6.07. The molecule has 9 heterocycles. The lowest BCUT2D eigenvalue weighted by Gasteiger charge is -2.18. The fourth-order valence-corrected chi connectivity index (χ4v) is 7.54. The molecule has 3 unspecified atom stereocenters. The molecule has 18 nitrogen and oxygen atoms in total. The van der Waals surface area contributed by atoms with Gasteiger partial charge in [-0.3, -0.25) is 4.99 Å². The molecule has 5 aromatic rings. The van der Waals surface area contributed by atoms with Crippen LogP contribution in [0.25, 0.3) is 0 Å². The third-order valence-corrected chi connectivity index (χ3v) is 12.9. The molecule has 0 saturated heterocycles. The summed E-state index contributed by atoms with van der Waals surface area (Å²) < 4.78 is 41.7. The van der Waals surface area contributed by atoms with Gasteiger partial charge in [-0.2, -0.15) is 0 Å². The van der Waals surface area contributed by atoms with Crippen molar-refractivity contribution in [2.24, 2.45) is 41.8 Å². The van der Waals surface area contributed by atoms with Crippen LogP contribution in [-0.2, 0) is 46.1 Å². The highest BCUT2D eigenvalue weighted by atomic mass is 16.6. The van der Waals surface area contributed by atoms with Crippen LogP contribution in [0, 0.1) is 56.3 Å². The first-order valence-corrected chi connectivity index (χ1v) is 32.4. The monoisotopic (exact) mass is 1270 g/mol. The van der Waals surface area contributed by atoms with E-state index in [4.69, 9.17) is 41.5 Å². The van der Waals surface area contributed by atoms with E-state index in [0.717, 1.165) is 101 Å². The molecule has 3 atom stereocenters. The quantitative estimate of drug-likeness (QED) is 0.141. The molecular formula is C73H127N9O9. The normalized spacial score (nSPS) is 17.9. The fourth-order valence-electron chi connectivity index (χ4n) is 7.54. The van der Waals surface area contributed by atoms with Gasteiger partial charge in [-0.1, -0.05) is 208 Å². The summed E-state index contributed by atoms with van der Waals surface area (Å²) >= 11 is 0. The summed E-state index contributed by atoms with van der Waals surface area (Å²) in [5.74, 6) is 7.03. The maximum absolute atomic E-state index is 5.48. The van der Waals surface area contributed by atoms with Crippen molar-refractivity contribution in [2.45, 2.75) is 313 Å². The van der Waals surface area contributed by atoms with Crippen LogP contribution in [0.3, 0.4) is 0 Å². The van der Waals surface area contributed by atoms with E-state index in [1.54, 1.807) is 18.7 Å². The third-order valence-electron chi connectivity index (χ3n) is 12.9. The van der Waals surface area contributed by atoms with Gasteiger partial charge in [0, 0.05) is 72.9 Å². The molecular weight excluding hydrogens is 1150 g/mol. The number of ether oxygens (including phenoxy) is 3. The number of nitrogens with zero attached hydrogens (tertiary/aromatic N) is 9. The van der Waals surface area contributed by atoms with Crippen LogP contribution in [0.5, 0.6) is 0 Å². The third kappa shape index (κ3) is 32.4. The number of hydrogen-bond donors (Lipinski definition) is 0. The van der Waals surface area contributed by atoms with Crippen molar-refractivity contribution in [3.63, 3.8) is 0 Å². The Morgan fingerprint density at radius 2 is 1.08 bits per heavy atom. The highest BCUT2D eigenvalue weighted by molar-refractivity contribution is 5.90. The van der Waals surface area contributed by atoms with Crippen molar-refractivity contribution < 1.29 is 41.5 Å². The Labute approximate surface area is 551 Å². The molecule has 0 bridgehead atoms. The van der Waals surface area contributed by atoms with E-state index in [-0.39, 0.29) is 66.5 Å². The average Bonchev–Trinajstić information content (AvgIpc) is 1.86. The first-order valence-electron chi connectivity index (χ1n) is 32.4. The lowest BCUT2D eigenvalue weighted by Crippen LogP contribution is -2.22. The molecule has 4 aliphatic heterocycles. The second-order valence-corrected chi connectivity index (χ2v) is 34.2. The van der Waals surface area contributed by atoms with Gasteiger partial charge in [0.1, 0.15) is 55.2 Å². The molecule has 0 fully saturated rings. The number of hydrogen-bond acceptors (Lipinski definition) is 18. The molecule has 0 aliphatic carbocycles. The van der Waals surface area contributed by atoms with Gasteiger partial charge in [0.15, 0.2) is 29.5 Å². The van der Waals surface area contributed by atoms with E-state index in [1.807, 2.05) is 60.6 Å². The molecule has 518 valence electrons. The topological polar surface area (TPSA) is 217 Å². The Morgan fingerprint density at radius 1 is 0.516 bits per heavy atom. The minimum Gasteiger partial charge on any atom is -0.478 e. The zero-order valence-corrected chi connectivity index (χ0v) is 64.1. The average molecular weight is 1270 g/mol. The predicted octanol–water partition coefficient (Wildman–Crippen LogP) is 19.5. The Balaban J connectivity index is 0.000000512. The van der Waals surface area contributed by atoms with Gasteiger partial charge in [0.25, 0.3) is 0 Å². The van der Waals surface area contributed by atoms with Crippen LogP contribution in [0.2, 0.25) is 0 Å². The minimum absolute atomic E-state index is 0.0113. The zero-order valence-electron chi connectivity index (χ0n) is 64.1. The highest BCUT2D eigenvalue weighted by Gasteiger charge is 2.33. The van der Waals surface area contributed by atoms with Gasteiger partial charge < -0.3 is 41.5 Å². The highest BCUT2D eigenvalue weighted by Crippen LogP contribution is 2.30. The number of oxazole rings is 2. The van der Waals surface area contributed by atoms with Crippen LogP contribution in [0.4, 0.5) is 0 Å². The van der Waals surface area contributed by atoms with Gasteiger partial charge >= 0.3 is 0 Å². The molecule has 91 heavy (non-hydrogen) atoms. The van der Waals surface area contributed by atoms with Crippen LogP contribution in [-0.4, -0.2) is 92.4 Å². The fraction of sp³-hybridized carbons (Fsp3) is 0.740. The van der Waals surface area contributed by atoms with E-state index in [2.05, 4.69) is 253 Å². The Morgan fingerprint density at radius 3 is 1.27 bits per heavy atom. The summed E-state index contributed by atoms with van der Waals surface area (Å²) in [6.45, 7) is 79.4. The molecule has 4 aliphatic rings. The first-order chi connectivity index (χ1) is 40.8. The molecule has 0 aromatic carbocycles. The van der Waals surface area contributed by atoms with Gasteiger partial charge in [-0.25, -0.2) is 20.0 Å². The number of oxime groups is 1. The van der Waals surface area contributed by atoms with Crippen LogP contribution < -0.4 is 0 Å². The summed E-state index contributed by atoms with van der Waals surface area (Å²) in [6, 6.07) is 4.30. The Kier molecular flexibility index (Phi) is 30.2. The van der Waals surface area contributed by atoms with E-state index < -0.39 is 0 Å². The van der Waals surface area contributed by atoms with Crippen molar-refractivity contribution in [3.8, 4) is 0 Å². The molecule has 0 radical (unpaired) electrons. The number of aryl methyl sites for hydroxylation is 5. The zero-order chi connectivity index (χ0) is 70.9. The molecule has 0 N–H and O–H groups in total. The van der Waals surface area contributed by atoms with Gasteiger partial charge in [0.05, 0.1) is 52.8 Å². The second kappa shape index (κ2) is 33.2. The van der Waals surface area contributed by atoms with Gasteiger partial charge in [-0.05, 0) is 69.2 Å². The van der Waals surface area contributed by atoms with Gasteiger partial charge in [0.2, 0.25) is 0 Å². The second-order valence-electron chi connectivity index (χ2n) is 34.2. The van der Waals surface area contributed by atoms with E-state index >= 15 is 0 Å². The molecule has 0 spiro atoms. The summed E-state index contributed by atoms with van der Waals surface area (Å²) in [6.07, 6.45) is 6.68. The number of aliphatic imine (C=N–C) groups is 3. The van der Waals surface area contributed by atoms with Crippen LogP contribution in [0.15, 0.2) is 73.4 Å². The molecule has 0 amide bonds. The van der Waals surface area contributed by atoms with Crippen molar-refractivity contribution in [1.29, 1.82) is 0 Å².